The first-order valence-corrected chi connectivity index (χ1v) is 4.99. The first kappa shape index (κ1) is 13.0. The molecule has 17 heavy (non-hydrogen) atoms. The van der Waals surface area contributed by atoms with Gasteiger partial charge in [-0.3, -0.25) is 9.59 Å². The van der Waals surface area contributed by atoms with E-state index >= 15 is 0 Å². The van der Waals surface area contributed by atoms with Gasteiger partial charge in [-0.05, 0) is 24.6 Å². The van der Waals surface area contributed by atoms with Gasteiger partial charge >= 0.3 is 11.9 Å². The van der Waals surface area contributed by atoms with E-state index in [1.807, 2.05) is 0 Å². The van der Waals surface area contributed by atoms with Gasteiger partial charge in [0.25, 0.3) is 0 Å². The number of carbonyl (C=O) groups is 2. The topological polar surface area (TPSA) is 78.6 Å². The van der Waals surface area contributed by atoms with Crippen molar-refractivity contribution in [3.05, 3.63) is 29.8 Å². The fraction of sp³-hybridized carbons (Fsp3) is 0.333. The molecule has 0 bridgehead atoms. The summed E-state index contributed by atoms with van der Waals surface area (Å²) in [5.74, 6) is -1.34. The first-order chi connectivity index (χ1) is 7.96. The number of methoxy groups -OCH3 is 2. The van der Waals surface area contributed by atoms with Crippen molar-refractivity contribution in [2.24, 2.45) is 0 Å². The summed E-state index contributed by atoms with van der Waals surface area (Å²) in [7, 11) is 2.45. The molecule has 1 aromatic carbocycles. The minimum Gasteiger partial charge on any atom is -0.468 e. The second-order valence-corrected chi connectivity index (χ2v) is 3.73. The van der Waals surface area contributed by atoms with Crippen molar-refractivity contribution in [2.75, 3.05) is 20.0 Å². The number of benzene rings is 1. The van der Waals surface area contributed by atoms with Gasteiger partial charge in [-0.1, -0.05) is 12.1 Å². The van der Waals surface area contributed by atoms with Crippen LogP contribution in [0.4, 0.5) is 5.69 Å². The molecule has 0 heterocycles. The summed E-state index contributed by atoms with van der Waals surface area (Å²) < 4.78 is 9.30. The van der Waals surface area contributed by atoms with Crippen LogP contribution in [0.15, 0.2) is 24.3 Å². The summed E-state index contributed by atoms with van der Waals surface area (Å²) in [6, 6.07) is 6.42. The SMILES string of the molecule is COC(=O)C(C)(C(=O)OC)c1ccc(N)cc1. The van der Waals surface area contributed by atoms with Gasteiger partial charge in [0.05, 0.1) is 14.2 Å². The third kappa shape index (κ3) is 2.22. The molecule has 0 unspecified atom stereocenters. The quantitative estimate of drug-likeness (QED) is 0.479. The molecule has 0 spiro atoms. The van der Waals surface area contributed by atoms with Gasteiger partial charge in [-0.15, -0.1) is 0 Å². The number of anilines is 1. The van der Waals surface area contributed by atoms with Crippen LogP contribution in [0.3, 0.4) is 0 Å². The number of ether oxygens (including phenoxy) is 2. The fourth-order valence-corrected chi connectivity index (χ4v) is 1.54. The second kappa shape index (κ2) is 4.86. The molecule has 92 valence electrons. The molecule has 5 nitrogen and oxygen atoms in total. The fourth-order valence-electron chi connectivity index (χ4n) is 1.54. The predicted octanol–water partition coefficient (Wildman–Crippen LogP) is 0.872. The molecule has 1 rings (SSSR count). The van der Waals surface area contributed by atoms with Crippen molar-refractivity contribution in [3.63, 3.8) is 0 Å². The lowest BCUT2D eigenvalue weighted by Gasteiger charge is -2.24. The molecule has 0 amide bonds. The number of nitrogen functional groups attached to an aromatic ring is 1. The average molecular weight is 237 g/mol. The summed E-state index contributed by atoms with van der Waals surface area (Å²) in [6.07, 6.45) is 0. The van der Waals surface area contributed by atoms with Crippen LogP contribution in [0.1, 0.15) is 12.5 Å². The van der Waals surface area contributed by atoms with E-state index in [4.69, 9.17) is 5.73 Å². The lowest BCUT2D eigenvalue weighted by atomic mass is 9.82. The molecule has 5 heteroatoms. The molecule has 0 saturated heterocycles. The highest BCUT2D eigenvalue weighted by Gasteiger charge is 2.45. The Bertz CT molecular complexity index is 409. The molecule has 0 aliphatic heterocycles. The molecular formula is C12H15NO4. The maximum Gasteiger partial charge on any atom is 0.327 e. The predicted molar refractivity (Wildman–Crippen MR) is 62.2 cm³/mol. The smallest absolute Gasteiger partial charge is 0.327 e. The summed E-state index contributed by atoms with van der Waals surface area (Å²) in [5.41, 5.74) is 5.10. The number of rotatable bonds is 3. The van der Waals surface area contributed by atoms with Crippen LogP contribution < -0.4 is 5.73 Å². The Morgan fingerprint density at radius 1 is 1.06 bits per heavy atom. The monoisotopic (exact) mass is 237 g/mol. The molecule has 0 aliphatic rings. The summed E-state index contributed by atoms with van der Waals surface area (Å²) in [4.78, 5) is 23.5. The average Bonchev–Trinajstić information content (AvgIpc) is 2.36. The number of esters is 2. The standard InChI is InChI=1S/C12H15NO4/c1-12(10(14)16-2,11(15)17-3)8-4-6-9(13)7-5-8/h4-7H,13H2,1-3H3. The molecule has 0 aromatic heterocycles. The van der Waals surface area contributed by atoms with Crippen LogP contribution in [0.25, 0.3) is 0 Å². The minimum absolute atomic E-state index is 0.477. The zero-order valence-electron chi connectivity index (χ0n) is 10.0. The van der Waals surface area contributed by atoms with E-state index in [1.54, 1.807) is 24.3 Å². The van der Waals surface area contributed by atoms with E-state index in [0.29, 0.717) is 11.3 Å². The molecular weight excluding hydrogens is 222 g/mol. The Balaban J connectivity index is 3.28. The first-order valence-electron chi connectivity index (χ1n) is 4.99. The van der Waals surface area contributed by atoms with E-state index in [-0.39, 0.29) is 0 Å². The summed E-state index contributed by atoms with van der Waals surface area (Å²) in [5, 5.41) is 0. The number of hydrogen-bond donors (Lipinski definition) is 1. The largest absolute Gasteiger partial charge is 0.468 e. The molecule has 0 fully saturated rings. The highest BCUT2D eigenvalue weighted by molar-refractivity contribution is 6.05. The highest BCUT2D eigenvalue weighted by Crippen LogP contribution is 2.27. The van der Waals surface area contributed by atoms with Crippen molar-refractivity contribution in [1.82, 2.24) is 0 Å². The van der Waals surface area contributed by atoms with E-state index in [9.17, 15) is 9.59 Å². The molecule has 0 atom stereocenters. The lowest BCUT2D eigenvalue weighted by Crippen LogP contribution is -2.42. The molecule has 0 saturated carbocycles. The maximum absolute atomic E-state index is 11.8. The minimum atomic E-state index is -1.48. The zero-order chi connectivity index (χ0) is 13.1. The Hall–Kier alpha value is -2.04. The number of carbonyl (C=O) groups excluding carboxylic acids is 2. The number of hydrogen-bond acceptors (Lipinski definition) is 5. The molecule has 0 radical (unpaired) electrons. The van der Waals surface area contributed by atoms with Crippen LogP contribution in [0, 0.1) is 0 Å². The van der Waals surface area contributed by atoms with Crippen LogP contribution in [-0.2, 0) is 24.5 Å². The van der Waals surface area contributed by atoms with Crippen molar-refractivity contribution in [2.45, 2.75) is 12.3 Å². The van der Waals surface area contributed by atoms with Gasteiger partial charge in [-0.2, -0.15) is 0 Å². The van der Waals surface area contributed by atoms with Crippen LogP contribution >= 0.6 is 0 Å². The van der Waals surface area contributed by atoms with Crippen molar-refractivity contribution < 1.29 is 19.1 Å². The van der Waals surface area contributed by atoms with Gasteiger partial charge in [0.1, 0.15) is 0 Å². The van der Waals surface area contributed by atoms with E-state index in [2.05, 4.69) is 9.47 Å². The molecule has 1 aromatic rings. The highest BCUT2D eigenvalue weighted by atomic mass is 16.5. The number of nitrogens with two attached hydrogens (primary N) is 1. The van der Waals surface area contributed by atoms with Crippen molar-refractivity contribution in [3.8, 4) is 0 Å². The maximum atomic E-state index is 11.8. The third-order valence-electron chi connectivity index (χ3n) is 2.68. The van der Waals surface area contributed by atoms with Crippen LogP contribution in [0.2, 0.25) is 0 Å². The normalized spacial score (nSPS) is 10.8. The molecule has 2 N–H and O–H groups in total. The van der Waals surface area contributed by atoms with Gasteiger partial charge in [0, 0.05) is 5.69 Å². The Kier molecular flexibility index (Phi) is 3.73. The summed E-state index contributed by atoms with van der Waals surface area (Å²) >= 11 is 0. The van der Waals surface area contributed by atoms with Crippen molar-refractivity contribution in [1.29, 1.82) is 0 Å². The van der Waals surface area contributed by atoms with Crippen LogP contribution in [0.5, 0.6) is 0 Å². The zero-order valence-corrected chi connectivity index (χ0v) is 10.0. The van der Waals surface area contributed by atoms with Crippen molar-refractivity contribution >= 4 is 17.6 Å². The Labute approximate surface area is 99.5 Å². The van der Waals surface area contributed by atoms with E-state index < -0.39 is 17.4 Å². The van der Waals surface area contributed by atoms with Gasteiger partial charge in [0.2, 0.25) is 0 Å². The second-order valence-electron chi connectivity index (χ2n) is 3.73. The molecule has 0 aliphatic carbocycles. The third-order valence-corrected chi connectivity index (χ3v) is 2.68. The van der Waals surface area contributed by atoms with E-state index in [0.717, 1.165) is 0 Å². The Morgan fingerprint density at radius 2 is 1.47 bits per heavy atom. The van der Waals surface area contributed by atoms with Gasteiger partial charge in [0.15, 0.2) is 5.41 Å². The van der Waals surface area contributed by atoms with E-state index in [1.165, 1.54) is 21.1 Å². The Morgan fingerprint density at radius 3 is 1.82 bits per heavy atom. The van der Waals surface area contributed by atoms with Crippen LogP contribution in [-0.4, -0.2) is 26.2 Å². The summed E-state index contributed by atoms with van der Waals surface area (Å²) in [6.45, 7) is 1.45. The lowest BCUT2D eigenvalue weighted by molar-refractivity contribution is -0.160. The van der Waals surface area contributed by atoms with Gasteiger partial charge < -0.3 is 15.2 Å². The van der Waals surface area contributed by atoms with Gasteiger partial charge in [-0.25, -0.2) is 0 Å².